The maximum atomic E-state index is 13.3. The average molecular weight is 280 g/mol. The van der Waals surface area contributed by atoms with Crippen LogP contribution in [0.5, 0.6) is 0 Å². The predicted octanol–water partition coefficient (Wildman–Crippen LogP) is 1.26. The summed E-state index contributed by atoms with van der Waals surface area (Å²) >= 11 is 0. The lowest BCUT2D eigenvalue weighted by molar-refractivity contribution is 0.0950. The number of carbonyl (C=O) groups excluding carboxylic acids is 1. The number of amides is 1. The van der Waals surface area contributed by atoms with Crippen LogP contribution in [0.25, 0.3) is 0 Å². The molecule has 1 aromatic rings. The van der Waals surface area contributed by atoms with E-state index in [2.05, 4.69) is 22.5 Å². The van der Waals surface area contributed by atoms with Gasteiger partial charge in [0.05, 0.1) is 5.56 Å². The number of nitrogens with zero attached hydrogens (tertiary/aromatic N) is 1. The molecule has 0 aliphatic rings. The molecule has 0 saturated carbocycles. The van der Waals surface area contributed by atoms with Gasteiger partial charge in [-0.1, -0.05) is 25.5 Å². The smallest absolute Gasteiger partial charge is 0.254 e. The highest BCUT2D eigenvalue weighted by Crippen LogP contribution is 2.05. The van der Waals surface area contributed by atoms with Gasteiger partial charge >= 0.3 is 0 Å². The van der Waals surface area contributed by atoms with Gasteiger partial charge in [-0.2, -0.15) is 0 Å². The molecule has 0 bridgehead atoms. The average Bonchev–Trinajstić information content (AvgIpc) is 2.44. The van der Waals surface area contributed by atoms with Crippen LogP contribution in [0.15, 0.2) is 29.3 Å². The molecule has 0 fully saturated rings. The molecule has 5 nitrogen and oxygen atoms in total. The lowest BCUT2D eigenvalue weighted by Crippen LogP contribution is -2.38. The van der Waals surface area contributed by atoms with Crippen molar-refractivity contribution in [2.24, 2.45) is 10.7 Å². The largest absolute Gasteiger partial charge is 0.370 e. The van der Waals surface area contributed by atoms with E-state index in [9.17, 15) is 9.18 Å². The van der Waals surface area contributed by atoms with Gasteiger partial charge in [-0.25, -0.2) is 4.39 Å². The maximum absolute atomic E-state index is 13.3. The zero-order valence-electron chi connectivity index (χ0n) is 11.7. The van der Waals surface area contributed by atoms with Gasteiger partial charge in [-0.3, -0.25) is 9.79 Å². The van der Waals surface area contributed by atoms with E-state index < -0.39 is 11.7 Å². The molecule has 6 heteroatoms. The standard InChI is InChI=1S/C14H21FN4O/c1-2-3-8-18-14(16)19-10-9-17-13(20)11-6-4-5-7-12(11)15/h4-7H,2-3,8-10H2,1H3,(H,17,20)(H3,16,18,19). The number of nitrogens with one attached hydrogen (secondary N) is 2. The van der Waals surface area contributed by atoms with Crippen molar-refractivity contribution in [1.29, 1.82) is 0 Å². The topological polar surface area (TPSA) is 79.5 Å². The Morgan fingerprint density at radius 1 is 1.30 bits per heavy atom. The Morgan fingerprint density at radius 2 is 2.00 bits per heavy atom. The Labute approximate surface area is 118 Å². The Hall–Kier alpha value is -2.11. The van der Waals surface area contributed by atoms with E-state index in [4.69, 9.17) is 5.73 Å². The number of hydrogen-bond donors (Lipinski definition) is 3. The third kappa shape index (κ3) is 5.69. The Kier molecular flexibility index (Phi) is 7.10. The van der Waals surface area contributed by atoms with Crippen LogP contribution in [0, 0.1) is 5.82 Å². The lowest BCUT2D eigenvalue weighted by Gasteiger charge is -2.08. The molecule has 0 radical (unpaired) electrons. The third-order valence-corrected chi connectivity index (χ3v) is 2.63. The highest BCUT2D eigenvalue weighted by molar-refractivity contribution is 5.94. The van der Waals surface area contributed by atoms with Crippen LogP contribution in [0.3, 0.4) is 0 Å². The molecular weight excluding hydrogens is 259 g/mol. The Bertz CT molecular complexity index is 462. The van der Waals surface area contributed by atoms with Gasteiger partial charge in [-0.05, 0) is 18.6 Å². The first kappa shape index (κ1) is 15.9. The van der Waals surface area contributed by atoms with Gasteiger partial charge in [0.2, 0.25) is 0 Å². The molecule has 0 atom stereocenters. The SMILES string of the molecule is CCCCN=C(N)NCCNC(=O)c1ccccc1F. The Morgan fingerprint density at radius 3 is 2.70 bits per heavy atom. The molecule has 0 aliphatic carbocycles. The monoisotopic (exact) mass is 280 g/mol. The zero-order valence-corrected chi connectivity index (χ0v) is 11.7. The fourth-order valence-electron chi connectivity index (χ4n) is 1.52. The van der Waals surface area contributed by atoms with Gasteiger partial charge in [0.15, 0.2) is 5.96 Å². The van der Waals surface area contributed by atoms with Crippen molar-refractivity contribution in [3.05, 3.63) is 35.6 Å². The molecule has 0 unspecified atom stereocenters. The second kappa shape index (κ2) is 8.90. The molecule has 0 aromatic heterocycles. The summed E-state index contributed by atoms with van der Waals surface area (Å²) in [6, 6.07) is 5.86. The van der Waals surface area contributed by atoms with Gasteiger partial charge < -0.3 is 16.4 Å². The number of rotatable bonds is 7. The van der Waals surface area contributed by atoms with E-state index in [1.807, 2.05) is 0 Å². The quantitative estimate of drug-likeness (QED) is 0.399. The number of unbranched alkanes of at least 4 members (excludes halogenated alkanes) is 1. The van der Waals surface area contributed by atoms with Crippen molar-refractivity contribution in [2.45, 2.75) is 19.8 Å². The van der Waals surface area contributed by atoms with Gasteiger partial charge in [0.25, 0.3) is 5.91 Å². The minimum absolute atomic E-state index is 0.0390. The normalized spacial score (nSPS) is 11.2. The number of benzene rings is 1. The number of nitrogens with two attached hydrogens (primary N) is 1. The van der Waals surface area contributed by atoms with E-state index in [1.54, 1.807) is 12.1 Å². The van der Waals surface area contributed by atoms with Crippen molar-refractivity contribution in [3.8, 4) is 0 Å². The molecule has 20 heavy (non-hydrogen) atoms. The first-order valence-corrected chi connectivity index (χ1v) is 6.71. The van der Waals surface area contributed by atoms with Crippen LogP contribution < -0.4 is 16.4 Å². The first-order chi connectivity index (χ1) is 9.65. The van der Waals surface area contributed by atoms with Crippen molar-refractivity contribution < 1.29 is 9.18 Å². The van der Waals surface area contributed by atoms with Crippen LogP contribution in [0.2, 0.25) is 0 Å². The van der Waals surface area contributed by atoms with Gasteiger partial charge in [0.1, 0.15) is 5.82 Å². The number of carbonyl (C=O) groups is 1. The van der Waals surface area contributed by atoms with Crippen molar-refractivity contribution in [3.63, 3.8) is 0 Å². The van der Waals surface area contributed by atoms with Crippen molar-refractivity contribution in [1.82, 2.24) is 10.6 Å². The van der Waals surface area contributed by atoms with Crippen LogP contribution in [-0.2, 0) is 0 Å². The van der Waals surface area contributed by atoms with Crippen molar-refractivity contribution >= 4 is 11.9 Å². The molecule has 0 spiro atoms. The second-order valence-electron chi connectivity index (χ2n) is 4.28. The predicted molar refractivity (Wildman–Crippen MR) is 78.1 cm³/mol. The molecule has 4 N–H and O–H groups in total. The van der Waals surface area contributed by atoms with E-state index in [0.29, 0.717) is 25.6 Å². The summed E-state index contributed by atoms with van der Waals surface area (Å²) in [5.41, 5.74) is 5.67. The molecule has 0 saturated heterocycles. The molecule has 0 aliphatic heterocycles. The fraction of sp³-hybridized carbons (Fsp3) is 0.429. The highest BCUT2D eigenvalue weighted by Gasteiger charge is 2.09. The van der Waals surface area contributed by atoms with Gasteiger partial charge in [-0.15, -0.1) is 0 Å². The molecule has 110 valence electrons. The molecule has 1 amide bonds. The van der Waals surface area contributed by atoms with Gasteiger partial charge in [0, 0.05) is 19.6 Å². The summed E-state index contributed by atoms with van der Waals surface area (Å²) in [7, 11) is 0. The summed E-state index contributed by atoms with van der Waals surface area (Å²) in [5, 5.41) is 5.49. The van der Waals surface area contributed by atoms with Crippen molar-refractivity contribution in [2.75, 3.05) is 19.6 Å². The summed E-state index contributed by atoms with van der Waals surface area (Å²) in [5.74, 6) is -0.608. The summed E-state index contributed by atoms with van der Waals surface area (Å²) in [6.45, 7) is 3.56. The second-order valence-corrected chi connectivity index (χ2v) is 4.28. The third-order valence-electron chi connectivity index (χ3n) is 2.63. The lowest BCUT2D eigenvalue weighted by atomic mass is 10.2. The molecule has 1 aromatic carbocycles. The van der Waals surface area contributed by atoms with Crippen LogP contribution in [0.1, 0.15) is 30.1 Å². The number of halogens is 1. The number of aliphatic imine (C=N–C) groups is 1. The summed E-state index contributed by atoms with van der Waals surface area (Å²) < 4.78 is 13.3. The fourth-order valence-corrected chi connectivity index (χ4v) is 1.52. The Balaban J connectivity index is 2.26. The number of hydrogen-bond acceptors (Lipinski definition) is 2. The van der Waals surface area contributed by atoms with Crippen LogP contribution >= 0.6 is 0 Å². The molecule has 0 heterocycles. The van der Waals surface area contributed by atoms with Crippen LogP contribution in [-0.4, -0.2) is 31.5 Å². The molecular formula is C14H21FN4O. The van der Waals surface area contributed by atoms with Crippen LogP contribution in [0.4, 0.5) is 4.39 Å². The van der Waals surface area contributed by atoms with E-state index >= 15 is 0 Å². The zero-order chi connectivity index (χ0) is 14.8. The first-order valence-electron chi connectivity index (χ1n) is 6.71. The van der Waals surface area contributed by atoms with E-state index in [-0.39, 0.29) is 5.56 Å². The van der Waals surface area contributed by atoms with E-state index in [0.717, 1.165) is 12.8 Å². The highest BCUT2D eigenvalue weighted by atomic mass is 19.1. The maximum Gasteiger partial charge on any atom is 0.254 e. The summed E-state index contributed by atoms with van der Waals surface area (Å²) in [6.07, 6.45) is 2.06. The minimum atomic E-state index is -0.529. The minimum Gasteiger partial charge on any atom is -0.370 e. The molecule has 1 rings (SSSR count). The number of guanidine groups is 1. The van der Waals surface area contributed by atoms with E-state index in [1.165, 1.54) is 12.1 Å². The summed E-state index contributed by atoms with van der Waals surface area (Å²) in [4.78, 5) is 15.8.